The second-order valence-electron chi connectivity index (χ2n) is 3.97. The van der Waals surface area contributed by atoms with Crippen molar-refractivity contribution in [3.8, 4) is 0 Å². The van der Waals surface area contributed by atoms with Gasteiger partial charge in [-0.25, -0.2) is 9.78 Å². The van der Waals surface area contributed by atoms with Crippen molar-refractivity contribution in [2.24, 2.45) is 5.92 Å². The molecule has 17 heavy (non-hydrogen) atoms. The van der Waals surface area contributed by atoms with Gasteiger partial charge in [-0.3, -0.25) is 0 Å². The first kappa shape index (κ1) is 14.1. The summed E-state index contributed by atoms with van der Waals surface area (Å²) < 4.78 is 10.3. The summed E-state index contributed by atoms with van der Waals surface area (Å²) >= 11 is 1.15. The highest BCUT2D eigenvalue weighted by molar-refractivity contribution is 7.13. The standard InChI is InChI=1S/C11H17NO4S/c1-6(2)8(16-4)10-12-7(5-15-3)9(17-10)11(13)14/h6,8H,5H2,1-4H3,(H,13,14). The first-order chi connectivity index (χ1) is 8.01. The Morgan fingerprint density at radius 3 is 2.53 bits per heavy atom. The summed E-state index contributed by atoms with van der Waals surface area (Å²) in [5, 5.41) is 9.76. The van der Waals surface area contributed by atoms with Gasteiger partial charge < -0.3 is 14.6 Å². The molecule has 0 amide bonds. The van der Waals surface area contributed by atoms with E-state index in [4.69, 9.17) is 14.6 Å². The lowest BCUT2D eigenvalue weighted by Gasteiger charge is -2.15. The molecule has 0 spiro atoms. The Morgan fingerprint density at radius 1 is 1.47 bits per heavy atom. The van der Waals surface area contributed by atoms with Gasteiger partial charge in [-0.15, -0.1) is 11.3 Å². The van der Waals surface area contributed by atoms with E-state index in [-0.39, 0.29) is 23.5 Å². The molecule has 1 aromatic heterocycles. The molecule has 0 fully saturated rings. The molecule has 1 atom stereocenters. The molecule has 96 valence electrons. The third-order valence-corrected chi connectivity index (χ3v) is 3.44. The maximum Gasteiger partial charge on any atom is 0.347 e. The fourth-order valence-electron chi connectivity index (χ4n) is 1.55. The summed E-state index contributed by atoms with van der Waals surface area (Å²) in [6.45, 7) is 4.21. The Kier molecular flexibility index (Phi) is 5.04. The third kappa shape index (κ3) is 3.24. The maximum atomic E-state index is 11.1. The monoisotopic (exact) mass is 259 g/mol. The smallest absolute Gasteiger partial charge is 0.347 e. The Labute approximate surface area is 104 Å². The van der Waals surface area contributed by atoms with Gasteiger partial charge in [-0.1, -0.05) is 13.8 Å². The van der Waals surface area contributed by atoms with Crippen LogP contribution in [0.2, 0.25) is 0 Å². The molecular formula is C11H17NO4S. The largest absolute Gasteiger partial charge is 0.477 e. The fourth-order valence-corrected chi connectivity index (χ4v) is 2.71. The quantitative estimate of drug-likeness (QED) is 0.849. The lowest BCUT2D eigenvalue weighted by atomic mass is 10.1. The molecular weight excluding hydrogens is 242 g/mol. The van der Waals surface area contributed by atoms with Crippen molar-refractivity contribution in [3.05, 3.63) is 15.6 Å². The molecule has 0 aliphatic rings. The second kappa shape index (κ2) is 6.09. The molecule has 1 heterocycles. The highest BCUT2D eigenvalue weighted by Crippen LogP contribution is 2.31. The number of aromatic carboxylic acids is 1. The van der Waals surface area contributed by atoms with Gasteiger partial charge >= 0.3 is 5.97 Å². The fraction of sp³-hybridized carbons (Fsp3) is 0.636. The zero-order chi connectivity index (χ0) is 13.0. The maximum absolute atomic E-state index is 11.1. The van der Waals surface area contributed by atoms with E-state index >= 15 is 0 Å². The number of aromatic nitrogens is 1. The summed E-state index contributed by atoms with van der Waals surface area (Å²) in [4.78, 5) is 15.6. The van der Waals surface area contributed by atoms with Crippen molar-refractivity contribution >= 4 is 17.3 Å². The van der Waals surface area contributed by atoms with Crippen LogP contribution in [0.3, 0.4) is 0 Å². The Hall–Kier alpha value is -0.980. The summed E-state index contributed by atoms with van der Waals surface area (Å²) in [6.07, 6.45) is -0.177. The SMILES string of the molecule is COCc1nc(C(OC)C(C)C)sc1C(=O)O. The minimum absolute atomic E-state index is 0.177. The molecule has 0 aliphatic heterocycles. The zero-order valence-corrected chi connectivity index (χ0v) is 11.2. The van der Waals surface area contributed by atoms with Crippen LogP contribution in [0, 0.1) is 5.92 Å². The van der Waals surface area contributed by atoms with Crippen LogP contribution in [0.1, 0.15) is 40.3 Å². The molecule has 1 aromatic rings. The van der Waals surface area contributed by atoms with E-state index in [1.54, 1.807) is 7.11 Å². The molecule has 1 rings (SSSR count). The number of ether oxygens (including phenoxy) is 2. The lowest BCUT2D eigenvalue weighted by molar-refractivity contribution is 0.0640. The van der Waals surface area contributed by atoms with Gasteiger partial charge in [-0.05, 0) is 5.92 Å². The minimum Gasteiger partial charge on any atom is -0.477 e. The Morgan fingerprint density at radius 2 is 2.12 bits per heavy atom. The summed E-state index contributed by atoms with van der Waals surface area (Å²) in [5.74, 6) is -0.734. The molecule has 0 radical (unpaired) electrons. The van der Waals surface area contributed by atoms with Gasteiger partial charge in [0.05, 0.1) is 12.3 Å². The molecule has 6 heteroatoms. The number of carboxylic acid groups (broad SMARTS) is 1. The lowest BCUT2D eigenvalue weighted by Crippen LogP contribution is -2.08. The van der Waals surface area contributed by atoms with Crippen molar-refractivity contribution in [1.82, 2.24) is 4.98 Å². The van der Waals surface area contributed by atoms with E-state index in [0.717, 1.165) is 11.3 Å². The van der Waals surface area contributed by atoms with Gasteiger partial charge in [0.1, 0.15) is 16.0 Å². The molecule has 0 aromatic carbocycles. The zero-order valence-electron chi connectivity index (χ0n) is 10.4. The molecule has 0 aliphatic carbocycles. The van der Waals surface area contributed by atoms with E-state index in [2.05, 4.69) is 4.98 Å². The van der Waals surface area contributed by atoms with Gasteiger partial charge in [0, 0.05) is 14.2 Å². The number of rotatable bonds is 6. The highest BCUT2D eigenvalue weighted by atomic mass is 32.1. The molecule has 5 nitrogen and oxygen atoms in total. The van der Waals surface area contributed by atoms with Crippen molar-refractivity contribution in [2.75, 3.05) is 14.2 Å². The number of hydrogen-bond donors (Lipinski definition) is 1. The van der Waals surface area contributed by atoms with E-state index in [1.165, 1.54) is 7.11 Å². The average Bonchev–Trinajstić information content (AvgIpc) is 2.63. The van der Waals surface area contributed by atoms with Crippen LogP contribution < -0.4 is 0 Å². The summed E-state index contributed by atoms with van der Waals surface area (Å²) in [7, 11) is 3.11. The van der Waals surface area contributed by atoms with E-state index in [0.29, 0.717) is 10.7 Å². The van der Waals surface area contributed by atoms with Crippen LogP contribution in [-0.2, 0) is 16.1 Å². The van der Waals surface area contributed by atoms with Crippen molar-refractivity contribution < 1.29 is 19.4 Å². The predicted octanol–water partition coefficient (Wildman–Crippen LogP) is 2.33. The Balaban J connectivity index is 3.09. The first-order valence-corrected chi connectivity index (χ1v) is 6.07. The van der Waals surface area contributed by atoms with Gasteiger partial charge in [0.25, 0.3) is 0 Å². The van der Waals surface area contributed by atoms with E-state index < -0.39 is 5.97 Å². The molecule has 0 saturated carbocycles. The molecule has 1 unspecified atom stereocenters. The number of methoxy groups -OCH3 is 2. The number of thiazole rings is 1. The second-order valence-corrected chi connectivity index (χ2v) is 5.00. The summed E-state index contributed by atoms with van der Waals surface area (Å²) in [6, 6.07) is 0. The molecule has 1 N–H and O–H groups in total. The van der Waals surface area contributed by atoms with Crippen LogP contribution in [0.25, 0.3) is 0 Å². The molecule has 0 saturated heterocycles. The average molecular weight is 259 g/mol. The summed E-state index contributed by atoms with van der Waals surface area (Å²) in [5.41, 5.74) is 0.461. The highest BCUT2D eigenvalue weighted by Gasteiger charge is 2.24. The normalized spacial score (nSPS) is 13.0. The van der Waals surface area contributed by atoms with Crippen molar-refractivity contribution in [2.45, 2.75) is 26.6 Å². The van der Waals surface area contributed by atoms with Crippen LogP contribution in [0.4, 0.5) is 0 Å². The molecule has 0 bridgehead atoms. The third-order valence-electron chi connectivity index (χ3n) is 2.29. The van der Waals surface area contributed by atoms with Crippen molar-refractivity contribution in [3.63, 3.8) is 0 Å². The van der Waals surface area contributed by atoms with Crippen LogP contribution in [0.5, 0.6) is 0 Å². The van der Waals surface area contributed by atoms with Crippen molar-refractivity contribution in [1.29, 1.82) is 0 Å². The van der Waals surface area contributed by atoms with Gasteiger partial charge in [0.15, 0.2) is 0 Å². The van der Waals surface area contributed by atoms with Gasteiger partial charge in [-0.2, -0.15) is 0 Å². The first-order valence-electron chi connectivity index (χ1n) is 5.25. The Bertz CT molecular complexity index is 389. The minimum atomic E-state index is -0.973. The van der Waals surface area contributed by atoms with Crippen LogP contribution in [0.15, 0.2) is 0 Å². The van der Waals surface area contributed by atoms with Gasteiger partial charge in [0.2, 0.25) is 0 Å². The number of carbonyl (C=O) groups is 1. The topological polar surface area (TPSA) is 68.7 Å². The number of nitrogens with zero attached hydrogens (tertiary/aromatic N) is 1. The van der Waals surface area contributed by atoms with Crippen LogP contribution in [-0.4, -0.2) is 30.3 Å². The number of hydrogen-bond acceptors (Lipinski definition) is 5. The number of carboxylic acids is 1. The predicted molar refractivity (Wildman–Crippen MR) is 64.4 cm³/mol. The van der Waals surface area contributed by atoms with E-state index in [9.17, 15) is 4.79 Å². The van der Waals surface area contributed by atoms with E-state index in [1.807, 2.05) is 13.8 Å². The van der Waals surface area contributed by atoms with Crippen LogP contribution >= 0.6 is 11.3 Å².